The van der Waals surface area contributed by atoms with E-state index in [1.807, 2.05) is 158 Å². The number of pyridine rings is 1. The number of hydrogen-bond donors (Lipinski definition) is 2. The highest BCUT2D eigenvalue weighted by Gasteiger charge is 2.42. The van der Waals surface area contributed by atoms with Gasteiger partial charge in [-0.05, 0) is 52.6 Å². The number of thiazole rings is 1. The molecule has 7 nitrogen and oxygen atoms in total. The maximum absolute atomic E-state index is 14.0. The lowest BCUT2D eigenvalue weighted by molar-refractivity contribution is 0.0484. The van der Waals surface area contributed by atoms with Gasteiger partial charge in [-0.2, -0.15) is 0 Å². The van der Waals surface area contributed by atoms with E-state index in [0.717, 1.165) is 50.2 Å². The molecule has 0 amide bonds. The predicted octanol–water partition coefficient (Wildman–Crippen LogP) is 8.17. The maximum Gasteiger partial charge on any atom is 0.311 e. The molecule has 2 N–H and O–H groups in total. The molecule has 0 unspecified atom stereocenters. The van der Waals surface area contributed by atoms with E-state index in [1.165, 1.54) is 0 Å². The van der Waals surface area contributed by atoms with Gasteiger partial charge in [-0.15, -0.1) is 0 Å². The highest BCUT2D eigenvalue weighted by molar-refractivity contribution is 7.09. The lowest BCUT2D eigenvalue weighted by atomic mass is 9.76. The maximum atomic E-state index is 14.0. The third kappa shape index (κ3) is 6.80. The van der Waals surface area contributed by atoms with E-state index in [1.54, 1.807) is 10.8 Å². The van der Waals surface area contributed by atoms with Crippen molar-refractivity contribution in [2.75, 3.05) is 13.2 Å². The lowest BCUT2D eigenvalue weighted by Crippen LogP contribution is -2.42. The lowest BCUT2D eigenvalue weighted by Gasteiger charge is -2.37. The Morgan fingerprint density at radius 3 is 1.96 bits per heavy atom. The second-order valence-corrected chi connectivity index (χ2v) is 12.7. The van der Waals surface area contributed by atoms with E-state index >= 15 is 0 Å². The molecule has 7 rings (SSSR count). The van der Waals surface area contributed by atoms with Crippen molar-refractivity contribution in [3.05, 3.63) is 200 Å². The number of nitrogens with zero attached hydrogens (tertiary/aromatic N) is 2. The van der Waals surface area contributed by atoms with Crippen molar-refractivity contribution in [1.29, 1.82) is 0 Å². The molecule has 2 aromatic heterocycles. The van der Waals surface area contributed by atoms with Gasteiger partial charge < -0.3 is 9.84 Å². The van der Waals surface area contributed by atoms with Gasteiger partial charge in [-0.3, -0.25) is 19.7 Å². The summed E-state index contributed by atoms with van der Waals surface area (Å²) in [5.74, 6) is 0.645. The van der Waals surface area contributed by atoms with E-state index < -0.39 is 5.54 Å². The Labute approximate surface area is 294 Å². The predicted molar refractivity (Wildman–Crippen MR) is 199 cm³/mol. The van der Waals surface area contributed by atoms with E-state index in [9.17, 15) is 9.90 Å². The minimum Gasteiger partial charge on any atom is -0.494 e. The van der Waals surface area contributed by atoms with E-state index in [4.69, 9.17) is 9.57 Å². The zero-order chi connectivity index (χ0) is 34.2. The minimum atomic E-state index is -1.09. The summed E-state index contributed by atoms with van der Waals surface area (Å²) in [5, 5.41) is 13.0. The van der Waals surface area contributed by atoms with Crippen LogP contribution in [0.1, 0.15) is 32.8 Å². The van der Waals surface area contributed by atoms with Crippen LogP contribution in [0.2, 0.25) is 0 Å². The highest BCUT2D eigenvalue weighted by atomic mass is 32.1. The number of hydrogen-bond acceptors (Lipinski definition) is 7. The third-order valence-electron chi connectivity index (χ3n) is 8.53. The summed E-state index contributed by atoms with van der Waals surface area (Å²) in [7, 11) is 0. The van der Waals surface area contributed by atoms with Crippen LogP contribution < -0.4 is 15.1 Å². The Hall–Kier alpha value is -5.96. The van der Waals surface area contributed by atoms with Crippen molar-refractivity contribution in [3.8, 4) is 11.6 Å². The van der Waals surface area contributed by atoms with Crippen LogP contribution in [0.15, 0.2) is 163 Å². The average molecular weight is 678 g/mol. The van der Waals surface area contributed by atoms with Crippen molar-refractivity contribution < 1.29 is 14.7 Å². The molecule has 0 fully saturated rings. The number of benzene rings is 5. The second-order valence-electron chi connectivity index (χ2n) is 11.7. The van der Waals surface area contributed by atoms with Crippen molar-refractivity contribution in [3.63, 3.8) is 0 Å². The van der Waals surface area contributed by atoms with Crippen LogP contribution in [0.4, 0.5) is 0 Å². The third-order valence-corrected chi connectivity index (χ3v) is 9.46. The average Bonchev–Trinajstić information content (AvgIpc) is 3.45. The normalized spacial score (nSPS) is 11.6. The number of nitrogens with one attached hydrogen (secondary N) is 1. The molecular weight excluding hydrogens is 643 g/mol. The molecule has 0 aliphatic heterocycles. The first kappa shape index (κ1) is 32.6. The minimum absolute atomic E-state index is 0.0491. The first-order valence-corrected chi connectivity index (χ1v) is 17.2. The van der Waals surface area contributed by atoms with Gasteiger partial charge >= 0.3 is 4.87 Å². The molecular formula is C42H35N3O4S. The van der Waals surface area contributed by atoms with Gasteiger partial charge in [0.05, 0.1) is 16.1 Å². The number of aromatic nitrogens is 2. The number of rotatable bonds is 13. The summed E-state index contributed by atoms with van der Waals surface area (Å²) >= 11 is 1.07. The molecule has 0 radical (unpaired) electrons. The summed E-state index contributed by atoms with van der Waals surface area (Å²) in [6, 6.07) is 49.3. The largest absolute Gasteiger partial charge is 0.494 e. The Balaban J connectivity index is 1.03. The molecule has 0 saturated heterocycles. The van der Waals surface area contributed by atoms with Gasteiger partial charge in [-0.25, -0.2) is 4.98 Å². The summed E-state index contributed by atoms with van der Waals surface area (Å²) in [6.07, 6.45) is 3.94. The van der Waals surface area contributed by atoms with Crippen LogP contribution in [0.3, 0.4) is 0 Å². The van der Waals surface area contributed by atoms with Crippen LogP contribution in [-0.2, 0) is 16.8 Å². The van der Waals surface area contributed by atoms with Crippen LogP contribution >= 0.6 is 11.3 Å². The van der Waals surface area contributed by atoms with Gasteiger partial charge in [0.25, 0.3) is 0 Å². The van der Waals surface area contributed by atoms with Gasteiger partial charge in [-0.1, -0.05) is 139 Å². The molecule has 0 spiro atoms. The first-order valence-electron chi connectivity index (χ1n) is 16.3. The van der Waals surface area contributed by atoms with E-state index in [-0.39, 0.29) is 10.8 Å². The molecule has 0 bridgehead atoms. The van der Waals surface area contributed by atoms with Crippen LogP contribution in [-0.4, -0.2) is 27.9 Å². The first-order chi connectivity index (χ1) is 24.6. The second kappa shape index (κ2) is 15.1. The fourth-order valence-corrected chi connectivity index (χ4v) is 7.18. The van der Waals surface area contributed by atoms with Gasteiger partial charge in [0.15, 0.2) is 0 Å². The number of aromatic hydroxyl groups is 1. The molecule has 8 heteroatoms. The Morgan fingerprint density at radius 1 is 0.720 bits per heavy atom. The summed E-state index contributed by atoms with van der Waals surface area (Å²) in [5.41, 5.74) is 7.05. The fraction of sp³-hybridized carbons (Fsp3) is 0.0952. The molecule has 0 aliphatic carbocycles. The molecule has 50 heavy (non-hydrogen) atoms. The SMILES string of the molecule is O=c1sc(Cc2ccc(OCCONC=Cc3ccc4ccccc4n3)cc2)c(O)n1C(c1ccccc1)(c1ccccc1)c1ccccc1. The zero-order valence-electron chi connectivity index (χ0n) is 27.2. The quantitative estimate of drug-likeness (QED) is 0.0728. The summed E-state index contributed by atoms with van der Waals surface area (Å²) in [6.45, 7) is 0.679. The van der Waals surface area contributed by atoms with Gasteiger partial charge in [0, 0.05) is 18.0 Å². The Kier molecular flexibility index (Phi) is 9.82. The number of hydroxylamine groups is 1. The molecule has 7 aromatic rings. The highest BCUT2D eigenvalue weighted by Crippen LogP contribution is 2.43. The smallest absolute Gasteiger partial charge is 0.311 e. The molecule has 248 valence electrons. The van der Waals surface area contributed by atoms with E-state index in [0.29, 0.717) is 30.3 Å². The van der Waals surface area contributed by atoms with Gasteiger partial charge in [0.2, 0.25) is 5.88 Å². The Bertz CT molecular complexity index is 2150. The fourth-order valence-electron chi connectivity index (χ4n) is 6.24. The monoisotopic (exact) mass is 677 g/mol. The molecule has 0 saturated carbocycles. The number of ether oxygens (including phenoxy) is 1. The number of para-hydroxylation sites is 1. The number of fused-ring (bicyclic) bond motifs is 1. The van der Waals surface area contributed by atoms with Crippen molar-refractivity contribution in [1.82, 2.24) is 15.0 Å². The van der Waals surface area contributed by atoms with Crippen molar-refractivity contribution in [2.24, 2.45) is 0 Å². The topological polar surface area (TPSA) is 85.6 Å². The van der Waals surface area contributed by atoms with E-state index in [2.05, 4.69) is 10.5 Å². The summed E-state index contributed by atoms with van der Waals surface area (Å²) in [4.78, 5) is 24.4. The van der Waals surface area contributed by atoms with Gasteiger partial charge in [0.1, 0.15) is 24.5 Å². The zero-order valence-corrected chi connectivity index (χ0v) is 28.0. The molecule has 0 aliphatic rings. The van der Waals surface area contributed by atoms with Crippen molar-refractivity contribution >= 4 is 28.3 Å². The standard InChI is InChI=1S/C42H35N3O4S/c46-40-39(30-31-20-24-37(25-21-31)48-28-29-49-43-27-26-36-23-22-32-12-10-11-19-38(32)44-36)50-41(47)45(40)42(33-13-4-1-5-14-33,34-15-6-2-7-16-34)35-17-8-3-9-18-35/h1-27,43,46H,28-30H2. The van der Waals surface area contributed by atoms with Crippen LogP contribution in [0, 0.1) is 0 Å². The van der Waals surface area contributed by atoms with Crippen LogP contribution in [0.5, 0.6) is 11.6 Å². The molecule has 2 heterocycles. The Morgan fingerprint density at radius 2 is 1.32 bits per heavy atom. The summed E-state index contributed by atoms with van der Waals surface area (Å²) < 4.78 is 7.41. The molecule has 0 atom stereocenters. The molecule has 5 aromatic carbocycles. The van der Waals surface area contributed by atoms with Crippen LogP contribution in [0.25, 0.3) is 17.0 Å². The van der Waals surface area contributed by atoms with Crippen molar-refractivity contribution in [2.45, 2.75) is 12.0 Å².